The predicted molar refractivity (Wildman–Crippen MR) is 130 cm³/mol. The lowest BCUT2D eigenvalue weighted by Gasteiger charge is -2.12. The van der Waals surface area contributed by atoms with Gasteiger partial charge < -0.3 is 20.9 Å². The highest BCUT2D eigenvalue weighted by Gasteiger charge is 2.17. The number of fused-ring (bicyclic) bond motifs is 3. The molecule has 4 rings (SSSR count). The molecule has 7 heteroatoms. The number of para-hydroxylation sites is 1. The van der Waals surface area contributed by atoms with Crippen LogP contribution in [0.2, 0.25) is 0 Å². The number of anilines is 2. The monoisotopic (exact) mass is 420 g/mol. The smallest absolute Gasteiger partial charge is 0.319 e. The van der Waals surface area contributed by atoms with Gasteiger partial charge in [-0.1, -0.05) is 43.7 Å². The first-order chi connectivity index (χ1) is 15.1. The minimum atomic E-state index is -0.226. The zero-order valence-electron chi connectivity index (χ0n) is 18.0. The van der Waals surface area contributed by atoms with Crippen molar-refractivity contribution in [3.8, 4) is 0 Å². The molecule has 0 bridgehead atoms. The van der Waals surface area contributed by atoms with Gasteiger partial charge in [-0.05, 0) is 37.1 Å². The van der Waals surface area contributed by atoms with Crippen molar-refractivity contribution in [2.45, 2.75) is 39.7 Å². The average Bonchev–Trinajstić information content (AvgIpc) is 3.12. The molecule has 0 aliphatic carbocycles. The van der Waals surface area contributed by atoms with Gasteiger partial charge in [0.05, 0.1) is 11.0 Å². The van der Waals surface area contributed by atoms with Gasteiger partial charge in [0.1, 0.15) is 11.3 Å². The summed E-state index contributed by atoms with van der Waals surface area (Å²) in [5, 5.41) is 6.86. The first-order valence-corrected chi connectivity index (χ1v) is 10.7. The molecule has 164 valence electrons. The van der Waals surface area contributed by atoms with Crippen molar-refractivity contribution in [3.05, 3.63) is 59.9 Å². The molecule has 4 N–H and O–H groups in total. The van der Waals surface area contributed by atoms with E-state index in [2.05, 4.69) is 27.1 Å². The van der Waals surface area contributed by atoms with Crippen LogP contribution in [0.5, 0.6) is 0 Å². The number of urea groups is 1. The topological polar surface area (TPSA) is 97.9 Å². The lowest BCUT2D eigenvalue weighted by atomic mass is 10.2. The van der Waals surface area contributed by atoms with Crippen LogP contribution in [0.1, 0.15) is 34.0 Å². The summed E-state index contributed by atoms with van der Waals surface area (Å²) in [7, 11) is 0. The molecule has 0 atom stereocenters. The Morgan fingerprint density at radius 1 is 1.16 bits per heavy atom. The summed E-state index contributed by atoms with van der Waals surface area (Å²) >= 11 is 0. The van der Waals surface area contributed by atoms with E-state index in [1.807, 2.05) is 55.5 Å². The van der Waals surface area contributed by atoms with Crippen molar-refractivity contribution < 1.29 is 7.65 Å². The number of carbonyl (C=O) groups is 1. The summed E-state index contributed by atoms with van der Waals surface area (Å²) in [4.78, 5) is 21.7. The second-order valence-corrected chi connectivity index (χ2v) is 7.75. The molecule has 31 heavy (non-hydrogen) atoms. The average molecular weight is 421 g/mol. The first-order valence-electron chi connectivity index (χ1n) is 10.7. The van der Waals surface area contributed by atoms with Crippen molar-refractivity contribution >= 4 is 39.5 Å². The van der Waals surface area contributed by atoms with Gasteiger partial charge in [-0.2, -0.15) is 0 Å². The summed E-state index contributed by atoms with van der Waals surface area (Å²) < 4.78 is 2.18. The minimum Gasteiger partial charge on any atom is -0.382 e. The maximum atomic E-state index is 12.4. The highest BCUT2D eigenvalue weighted by Crippen LogP contribution is 2.29. The fourth-order valence-corrected chi connectivity index (χ4v) is 3.85. The molecule has 4 aromatic rings. The molecule has 0 saturated carbocycles. The standard InChI is InChI=1S/C24H28N6O.2H2/c1-3-4-12-20-29-21-22(18-10-5-6-11-19(18)28-23(21)25)30(20)14-13-26-24(31)27-17-9-7-8-16(2)15-17;;/h5-11,15H,3-4,12-14H2,1-2H3,(H2,25,28)(H2,26,27,31);2*1H. The van der Waals surface area contributed by atoms with E-state index in [0.717, 1.165) is 58.3 Å². The number of carbonyl (C=O) groups excluding carboxylic acids is 1. The third kappa shape index (κ3) is 4.45. The number of aryl methyl sites for hydroxylation is 2. The lowest BCUT2D eigenvalue weighted by molar-refractivity contribution is 0.251. The van der Waals surface area contributed by atoms with E-state index in [-0.39, 0.29) is 8.88 Å². The fourth-order valence-electron chi connectivity index (χ4n) is 3.85. The van der Waals surface area contributed by atoms with Gasteiger partial charge >= 0.3 is 6.03 Å². The van der Waals surface area contributed by atoms with Crippen LogP contribution in [0.15, 0.2) is 48.5 Å². The number of hydrogen-bond acceptors (Lipinski definition) is 4. The van der Waals surface area contributed by atoms with Crippen LogP contribution < -0.4 is 16.4 Å². The third-order valence-corrected chi connectivity index (χ3v) is 5.34. The zero-order chi connectivity index (χ0) is 21.8. The Labute approximate surface area is 184 Å². The number of amides is 2. The first kappa shape index (κ1) is 20.7. The second kappa shape index (κ2) is 9.04. The van der Waals surface area contributed by atoms with E-state index in [4.69, 9.17) is 10.7 Å². The third-order valence-electron chi connectivity index (χ3n) is 5.34. The van der Waals surface area contributed by atoms with Crippen molar-refractivity contribution in [1.82, 2.24) is 19.9 Å². The number of imidazole rings is 1. The number of unbranched alkanes of at least 4 members (excludes halogenated alkanes) is 1. The summed E-state index contributed by atoms with van der Waals surface area (Å²) in [5.41, 5.74) is 10.7. The zero-order valence-corrected chi connectivity index (χ0v) is 18.0. The predicted octanol–water partition coefficient (Wildman–Crippen LogP) is 5.13. The number of hydrogen-bond donors (Lipinski definition) is 3. The number of nitrogens with two attached hydrogens (primary N) is 1. The molecule has 0 radical (unpaired) electrons. The van der Waals surface area contributed by atoms with Crippen molar-refractivity contribution in [2.24, 2.45) is 0 Å². The van der Waals surface area contributed by atoms with Crippen molar-refractivity contribution in [1.29, 1.82) is 0 Å². The van der Waals surface area contributed by atoms with Crippen LogP contribution in [0.3, 0.4) is 0 Å². The molecule has 0 aliphatic rings. The van der Waals surface area contributed by atoms with Crippen LogP contribution in [-0.2, 0) is 13.0 Å². The summed E-state index contributed by atoms with van der Waals surface area (Å²) in [5.74, 6) is 1.41. The molecular formula is C24H32N6O. The number of benzene rings is 2. The number of pyridine rings is 1. The molecule has 2 amide bonds. The number of aromatic nitrogens is 3. The van der Waals surface area contributed by atoms with Gasteiger partial charge in [0, 0.05) is 33.4 Å². The Hall–Kier alpha value is -3.61. The maximum Gasteiger partial charge on any atom is 0.319 e. The molecule has 2 heterocycles. The van der Waals surface area contributed by atoms with Crippen LogP contribution in [-0.4, -0.2) is 27.1 Å². The van der Waals surface area contributed by atoms with E-state index in [0.29, 0.717) is 18.9 Å². The lowest BCUT2D eigenvalue weighted by Crippen LogP contribution is -2.31. The molecule has 0 saturated heterocycles. The quantitative estimate of drug-likeness (QED) is 0.386. The van der Waals surface area contributed by atoms with E-state index in [9.17, 15) is 4.79 Å². The summed E-state index contributed by atoms with van der Waals surface area (Å²) in [6.45, 7) is 5.23. The highest BCUT2D eigenvalue weighted by molar-refractivity contribution is 6.06. The summed E-state index contributed by atoms with van der Waals surface area (Å²) in [6, 6.07) is 15.5. The Morgan fingerprint density at radius 2 is 2.00 bits per heavy atom. The van der Waals surface area contributed by atoms with Crippen LogP contribution >= 0.6 is 0 Å². The Bertz CT molecular complexity index is 1240. The van der Waals surface area contributed by atoms with Gasteiger partial charge in [0.25, 0.3) is 0 Å². The van der Waals surface area contributed by atoms with Crippen LogP contribution in [0.25, 0.3) is 21.9 Å². The molecule has 0 fully saturated rings. The van der Waals surface area contributed by atoms with E-state index in [1.54, 1.807) is 0 Å². The van der Waals surface area contributed by atoms with Gasteiger partial charge in [-0.15, -0.1) is 0 Å². The Kier molecular flexibility index (Phi) is 6.02. The molecule has 2 aromatic heterocycles. The van der Waals surface area contributed by atoms with Crippen LogP contribution in [0.4, 0.5) is 16.3 Å². The molecule has 0 unspecified atom stereocenters. The number of nitrogens with one attached hydrogen (secondary N) is 2. The van der Waals surface area contributed by atoms with Crippen LogP contribution in [0, 0.1) is 6.92 Å². The molecule has 0 aliphatic heterocycles. The normalized spacial score (nSPS) is 11.2. The van der Waals surface area contributed by atoms with Crippen molar-refractivity contribution in [3.63, 3.8) is 0 Å². The fraction of sp³-hybridized carbons (Fsp3) is 0.292. The SMILES string of the molecule is CCCCc1nc2c(N)nc3ccccc3c2n1CCNC(=O)Nc1cccc(C)c1.[HH].[HH]. The molecular weight excluding hydrogens is 388 g/mol. The number of rotatable bonds is 7. The number of nitrogen functional groups attached to an aromatic ring is 1. The van der Waals surface area contributed by atoms with E-state index in [1.165, 1.54) is 0 Å². The highest BCUT2D eigenvalue weighted by atomic mass is 16.2. The second-order valence-electron chi connectivity index (χ2n) is 7.75. The largest absolute Gasteiger partial charge is 0.382 e. The van der Waals surface area contributed by atoms with E-state index >= 15 is 0 Å². The van der Waals surface area contributed by atoms with E-state index < -0.39 is 0 Å². The van der Waals surface area contributed by atoms with Gasteiger partial charge in [-0.25, -0.2) is 14.8 Å². The Morgan fingerprint density at radius 3 is 2.81 bits per heavy atom. The summed E-state index contributed by atoms with van der Waals surface area (Å²) in [6.07, 6.45) is 2.97. The molecule has 7 nitrogen and oxygen atoms in total. The molecule has 2 aromatic carbocycles. The van der Waals surface area contributed by atoms with Gasteiger partial charge in [0.2, 0.25) is 0 Å². The van der Waals surface area contributed by atoms with Crippen molar-refractivity contribution in [2.75, 3.05) is 17.6 Å². The Balaban J connectivity index is 0.00000193. The maximum absolute atomic E-state index is 12.4. The van der Waals surface area contributed by atoms with Gasteiger partial charge in [0.15, 0.2) is 5.82 Å². The number of nitrogens with zero attached hydrogens (tertiary/aromatic N) is 3. The molecule has 0 spiro atoms. The minimum absolute atomic E-state index is 0. The van der Waals surface area contributed by atoms with Gasteiger partial charge in [-0.3, -0.25) is 0 Å².